The Kier molecular flexibility index (Phi) is 6.25. The molecule has 0 aliphatic heterocycles. The molecule has 0 heterocycles. The number of terminal acetylenes is 1. The average molecular weight is 142 g/mol. The van der Waals surface area contributed by atoms with Crippen LogP contribution in [0.2, 0.25) is 0 Å². The number of hydrogen-bond acceptors (Lipinski definition) is 2. The van der Waals surface area contributed by atoms with Crippen molar-refractivity contribution in [3.63, 3.8) is 0 Å². The molecule has 0 aromatic carbocycles. The Bertz CT molecular complexity index is 102. The SMILES string of the molecule is C#CCOCCOC(C)C. The van der Waals surface area contributed by atoms with E-state index in [2.05, 4.69) is 5.92 Å². The summed E-state index contributed by atoms with van der Waals surface area (Å²) in [5.41, 5.74) is 0. The van der Waals surface area contributed by atoms with Crippen LogP contribution in [0.5, 0.6) is 0 Å². The molecule has 0 spiro atoms. The van der Waals surface area contributed by atoms with Crippen LogP contribution in [0.3, 0.4) is 0 Å². The summed E-state index contributed by atoms with van der Waals surface area (Å²) in [5, 5.41) is 0. The number of ether oxygens (including phenoxy) is 2. The molecule has 10 heavy (non-hydrogen) atoms. The zero-order valence-electron chi connectivity index (χ0n) is 6.59. The molecule has 0 aliphatic carbocycles. The van der Waals surface area contributed by atoms with Gasteiger partial charge in [0.05, 0.1) is 19.3 Å². The summed E-state index contributed by atoms with van der Waals surface area (Å²) >= 11 is 0. The summed E-state index contributed by atoms with van der Waals surface area (Å²) in [6.45, 7) is 5.56. The van der Waals surface area contributed by atoms with E-state index in [0.717, 1.165) is 0 Å². The van der Waals surface area contributed by atoms with Crippen LogP contribution in [-0.2, 0) is 9.47 Å². The van der Waals surface area contributed by atoms with E-state index in [9.17, 15) is 0 Å². The van der Waals surface area contributed by atoms with Crippen LogP contribution < -0.4 is 0 Å². The first-order chi connectivity index (χ1) is 4.77. The highest BCUT2D eigenvalue weighted by molar-refractivity contribution is 4.82. The van der Waals surface area contributed by atoms with Gasteiger partial charge < -0.3 is 9.47 Å². The summed E-state index contributed by atoms with van der Waals surface area (Å²) in [6.07, 6.45) is 5.23. The van der Waals surface area contributed by atoms with E-state index < -0.39 is 0 Å². The van der Waals surface area contributed by atoms with Gasteiger partial charge in [-0.05, 0) is 13.8 Å². The van der Waals surface area contributed by atoms with Crippen molar-refractivity contribution >= 4 is 0 Å². The maximum Gasteiger partial charge on any atom is 0.107 e. The van der Waals surface area contributed by atoms with Gasteiger partial charge >= 0.3 is 0 Å². The fourth-order valence-corrected chi connectivity index (χ4v) is 0.474. The minimum Gasteiger partial charge on any atom is -0.376 e. The summed E-state index contributed by atoms with van der Waals surface area (Å²) in [4.78, 5) is 0. The molecular weight excluding hydrogens is 128 g/mol. The summed E-state index contributed by atoms with van der Waals surface area (Å²) in [5.74, 6) is 2.38. The quantitative estimate of drug-likeness (QED) is 0.422. The van der Waals surface area contributed by atoms with Crippen molar-refractivity contribution < 1.29 is 9.47 Å². The Morgan fingerprint density at radius 1 is 1.40 bits per heavy atom. The number of hydrogen-bond donors (Lipinski definition) is 0. The van der Waals surface area contributed by atoms with Crippen molar-refractivity contribution in [1.82, 2.24) is 0 Å². The second-order valence-electron chi connectivity index (χ2n) is 2.18. The molecule has 0 aromatic rings. The Labute approximate surface area is 62.5 Å². The van der Waals surface area contributed by atoms with E-state index in [1.54, 1.807) is 0 Å². The highest BCUT2D eigenvalue weighted by atomic mass is 16.5. The Hall–Kier alpha value is -0.520. The van der Waals surface area contributed by atoms with E-state index in [0.29, 0.717) is 19.8 Å². The lowest BCUT2D eigenvalue weighted by Crippen LogP contribution is -2.09. The van der Waals surface area contributed by atoms with Gasteiger partial charge in [-0.1, -0.05) is 5.92 Å². The van der Waals surface area contributed by atoms with Gasteiger partial charge in [-0.25, -0.2) is 0 Å². The monoisotopic (exact) mass is 142 g/mol. The van der Waals surface area contributed by atoms with Crippen LogP contribution in [0, 0.1) is 12.3 Å². The summed E-state index contributed by atoms with van der Waals surface area (Å²) in [6, 6.07) is 0. The van der Waals surface area contributed by atoms with E-state index in [1.165, 1.54) is 0 Å². The predicted octanol–water partition coefficient (Wildman–Crippen LogP) is 1.06. The third-order valence-corrected chi connectivity index (χ3v) is 0.864. The first-order valence-electron chi connectivity index (χ1n) is 3.40. The molecule has 2 heteroatoms. The van der Waals surface area contributed by atoms with Gasteiger partial charge in [-0.3, -0.25) is 0 Å². The van der Waals surface area contributed by atoms with Gasteiger partial charge in [-0.2, -0.15) is 0 Å². The molecule has 0 N–H and O–H groups in total. The van der Waals surface area contributed by atoms with Crippen molar-refractivity contribution in [3.05, 3.63) is 0 Å². The van der Waals surface area contributed by atoms with Gasteiger partial charge in [0.1, 0.15) is 6.61 Å². The fraction of sp³-hybridized carbons (Fsp3) is 0.750. The van der Waals surface area contributed by atoms with Crippen molar-refractivity contribution in [2.75, 3.05) is 19.8 Å². The molecule has 0 saturated carbocycles. The molecule has 0 saturated heterocycles. The second kappa shape index (κ2) is 6.60. The highest BCUT2D eigenvalue weighted by Gasteiger charge is 1.90. The minimum atomic E-state index is 0.273. The van der Waals surface area contributed by atoms with Gasteiger partial charge in [0.2, 0.25) is 0 Å². The van der Waals surface area contributed by atoms with E-state index in [1.807, 2.05) is 13.8 Å². The fourth-order valence-electron chi connectivity index (χ4n) is 0.474. The molecule has 0 unspecified atom stereocenters. The van der Waals surface area contributed by atoms with Crippen LogP contribution in [0.15, 0.2) is 0 Å². The van der Waals surface area contributed by atoms with Gasteiger partial charge in [-0.15, -0.1) is 6.42 Å². The molecule has 0 fully saturated rings. The minimum absolute atomic E-state index is 0.273. The largest absolute Gasteiger partial charge is 0.376 e. The second-order valence-corrected chi connectivity index (χ2v) is 2.18. The zero-order valence-corrected chi connectivity index (χ0v) is 6.59. The van der Waals surface area contributed by atoms with E-state index >= 15 is 0 Å². The summed E-state index contributed by atoms with van der Waals surface area (Å²) in [7, 11) is 0. The molecule has 58 valence electrons. The Morgan fingerprint density at radius 2 is 2.10 bits per heavy atom. The molecule has 0 radical (unpaired) electrons. The topological polar surface area (TPSA) is 18.5 Å². The molecule has 0 bridgehead atoms. The lowest BCUT2D eigenvalue weighted by atomic mass is 10.5. The molecule has 0 atom stereocenters. The van der Waals surface area contributed by atoms with Crippen LogP contribution in [0.4, 0.5) is 0 Å². The average Bonchev–Trinajstić information content (AvgIpc) is 1.87. The van der Waals surface area contributed by atoms with Crippen molar-refractivity contribution in [2.24, 2.45) is 0 Å². The van der Waals surface area contributed by atoms with E-state index in [-0.39, 0.29) is 6.10 Å². The lowest BCUT2D eigenvalue weighted by molar-refractivity contribution is 0.0280. The van der Waals surface area contributed by atoms with Crippen molar-refractivity contribution in [2.45, 2.75) is 20.0 Å². The third kappa shape index (κ3) is 7.48. The molecule has 0 aromatic heterocycles. The molecular formula is C8H14O2. The maximum atomic E-state index is 5.19. The Morgan fingerprint density at radius 3 is 2.60 bits per heavy atom. The standard InChI is InChI=1S/C8H14O2/c1-4-5-9-6-7-10-8(2)3/h1,8H,5-7H2,2-3H3. The molecule has 0 amide bonds. The Balaban J connectivity index is 2.86. The normalized spacial score (nSPS) is 9.80. The van der Waals surface area contributed by atoms with Gasteiger partial charge in [0.15, 0.2) is 0 Å². The van der Waals surface area contributed by atoms with Crippen LogP contribution >= 0.6 is 0 Å². The van der Waals surface area contributed by atoms with Crippen molar-refractivity contribution in [1.29, 1.82) is 0 Å². The van der Waals surface area contributed by atoms with Crippen LogP contribution in [0.1, 0.15) is 13.8 Å². The van der Waals surface area contributed by atoms with Crippen LogP contribution in [0.25, 0.3) is 0 Å². The third-order valence-electron chi connectivity index (χ3n) is 0.864. The van der Waals surface area contributed by atoms with Crippen molar-refractivity contribution in [3.8, 4) is 12.3 Å². The van der Waals surface area contributed by atoms with Crippen LogP contribution in [-0.4, -0.2) is 25.9 Å². The first-order valence-corrected chi connectivity index (χ1v) is 3.40. The maximum absolute atomic E-state index is 5.19. The predicted molar refractivity (Wildman–Crippen MR) is 40.7 cm³/mol. The number of rotatable bonds is 5. The zero-order chi connectivity index (χ0) is 7.82. The van der Waals surface area contributed by atoms with Gasteiger partial charge in [0.25, 0.3) is 0 Å². The molecule has 0 rings (SSSR count). The molecule has 0 aliphatic rings. The molecule has 2 nitrogen and oxygen atoms in total. The lowest BCUT2D eigenvalue weighted by Gasteiger charge is -2.05. The smallest absolute Gasteiger partial charge is 0.107 e. The first kappa shape index (κ1) is 9.48. The van der Waals surface area contributed by atoms with E-state index in [4.69, 9.17) is 15.9 Å². The summed E-state index contributed by atoms with van der Waals surface area (Å²) < 4.78 is 10.2. The van der Waals surface area contributed by atoms with Gasteiger partial charge in [0, 0.05) is 0 Å². The highest BCUT2D eigenvalue weighted by Crippen LogP contribution is 1.86.